The summed E-state index contributed by atoms with van der Waals surface area (Å²) in [4.78, 5) is 23.3. The van der Waals surface area contributed by atoms with Crippen LogP contribution in [0.3, 0.4) is 0 Å². The summed E-state index contributed by atoms with van der Waals surface area (Å²) in [5, 5.41) is 0. The predicted molar refractivity (Wildman–Crippen MR) is 85.4 cm³/mol. The van der Waals surface area contributed by atoms with Crippen LogP contribution in [0.5, 0.6) is 11.5 Å². The van der Waals surface area contributed by atoms with Gasteiger partial charge in [0.2, 0.25) is 6.10 Å². The molecule has 24 heavy (non-hydrogen) atoms. The number of benzene rings is 2. The van der Waals surface area contributed by atoms with Gasteiger partial charge >= 0.3 is 11.9 Å². The van der Waals surface area contributed by atoms with E-state index in [0.29, 0.717) is 12.2 Å². The lowest BCUT2D eigenvalue weighted by molar-refractivity contribution is -0.145. The summed E-state index contributed by atoms with van der Waals surface area (Å²) in [6.07, 6.45) is -0.628. The van der Waals surface area contributed by atoms with Crippen molar-refractivity contribution in [3.63, 3.8) is 0 Å². The van der Waals surface area contributed by atoms with E-state index in [1.165, 1.54) is 12.1 Å². The quantitative estimate of drug-likeness (QED) is 0.736. The Morgan fingerprint density at radius 2 is 1.96 bits per heavy atom. The van der Waals surface area contributed by atoms with E-state index in [1.54, 1.807) is 24.3 Å². The third-order valence-corrected chi connectivity index (χ3v) is 3.87. The summed E-state index contributed by atoms with van der Waals surface area (Å²) in [6.45, 7) is 0.213. The molecule has 1 aliphatic heterocycles. The summed E-state index contributed by atoms with van der Waals surface area (Å²) in [5.74, 6) is -1.64. The van der Waals surface area contributed by atoms with Crippen LogP contribution in [0, 0.1) is 5.82 Å². The second-order valence-corrected chi connectivity index (χ2v) is 5.97. The Balaban J connectivity index is 1.70. The monoisotopic (exact) mass is 394 g/mol. The average Bonchev–Trinajstić information content (AvgIpc) is 2.96. The van der Waals surface area contributed by atoms with Crippen molar-refractivity contribution in [2.24, 2.45) is 0 Å². The fourth-order valence-electron chi connectivity index (χ4n) is 2.12. The second kappa shape index (κ2) is 7.00. The minimum atomic E-state index is -0.931. The highest BCUT2D eigenvalue weighted by molar-refractivity contribution is 9.10. The van der Waals surface area contributed by atoms with Crippen LogP contribution < -0.4 is 4.74 Å². The van der Waals surface area contributed by atoms with Crippen LogP contribution >= 0.6 is 15.9 Å². The molecule has 1 saturated heterocycles. The van der Waals surface area contributed by atoms with Gasteiger partial charge in [0.05, 0.1) is 12.2 Å². The molecule has 2 aromatic carbocycles. The number of rotatable bonds is 4. The molecule has 0 aromatic heterocycles. The Morgan fingerprint density at radius 1 is 1.21 bits per heavy atom. The van der Waals surface area contributed by atoms with Gasteiger partial charge in [0, 0.05) is 10.9 Å². The van der Waals surface area contributed by atoms with Crippen LogP contribution in [-0.2, 0) is 14.3 Å². The zero-order valence-corrected chi connectivity index (χ0v) is 13.9. The van der Waals surface area contributed by atoms with Gasteiger partial charge in [-0.3, -0.25) is 0 Å². The van der Waals surface area contributed by atoms with E-state index in [-0.39, 0.29) is 17.9 Å². The molecule has 7 heteroatoms. The van der Waals surface area contributed by atoms with Gasteiger partial charge in [0.25, 0.3) is 0 Å². The normalized spacial score (nSPS) is 16.6. The molecular weight excluding hydrogens is 383 g/mol. The van der Waals surface area contributed by atoms with Gasteiger partial charge in [-0.05, 0) is 42.5 Å². The molecule has 0 saturated carbocycles. The van der Waals surface area contributed by atoms with Crippen molar-refractivity contribution < 1.29 is 28.2 Å². The molecule has 0 amide bonds. The second-order valence-electron chi connectivity index (χ2n) is 5.05. The number of esters is 2. The minimum Gasteiger partial charge on any atom is -0.463 e. The fraction of sp³-hybridized carbons (Fsp3) is 0.176. The number of halogens is 2. The zero-order chi connectivity index (χ0) is 17.1. The third-order valence-electron chi connectivity index (χ3n) is 3.35. The molecule has 3 rings (SSSR count). The van der Waals surface area contributed by atoms with Crippen LogP contribution in [-0.4, -0.2) is 24.6 Å². The van der Waals surface area contributed by atoms with Crippen LogP contribution in [0.25, 0.3) is 0 Å². The first-order valence-electron chi connectivity index (χ1n) is 7.13. The van der Waals surface area contributed by atoms with Crippen molar-refractivity contribution >= 4 is 27.9 Å². The largest absolute Gasteiger partial charge is 0.463 e. The van der Waals surface area contributed by atoms with Crippen molar-refractivity contribution in [3.05, 3.63) is 58.3 Å². The Kier molecular flexibility index (Phi) is 4.80. The maximum absolute atomic E-state index is 14.1. The predicted octanol–water partition coefficient (Wildman–Crippen LogP) is 3.85. The lowest BCUT2D eigenvalue weighted by Crippen LogP contribution is -2.22. The molecule has 0 unspecified atom stereocenters. The molecule has 1 fully saturated rings. The molecule has 1 aliphatic rings. The van der Waals surface area contributed by atoms with E-state index in [2.05, 4.69) is 15.9 Å². The van der Waals surface area contributed by atoms with E-state index >= 15 is 0 Å². The van der Waals surface area contributed by atoms with Crippen molar-refractivity contribution in [2.45, 2.75) is 12.5 Å². The minimum absolute atomic E-state index is 0.00430. The van der Waals surface area contributed by atoms with Crippen molar-refractivity contribution in [3.8, 4) is 11.5 Å². The van der Waals surface area contributed by atoms with Gasteiger partial charge in [-0.15, -0.1) is 0 Å². The summed E-state index contributed by atoms with van der Waals surface area (Å²) in [7, 11) is 0. The standard InChI is InChI=1S/C17H12BrFO5/c18-11-2-4-12(5-3-11)23-14-6-1-10(9-13(14)19)16(20)24-15-7-8-22-17(15)21/h1-6,9,15H,7-8H2/t15-/m0/s1. The van der Waals surface area contributed by atoms with Crippen molar-refractivity contribution in [2.75, 3.05) is 6.61 Å². The summed E-state index contributed by atoms with van der Waals surface area (Å²) in [6, 6.07) is 10.6. The number of carbonyl (C=O) groups excluding carboxylic acids is 2. The SMILES string of the molecule is O=C(O[C@H]1CCOC1=O)c1ccc(Oc2ccc(Br)cc2)c(F)c1. The van der Waals surface area contributed by atoms with E-state index in [4.69, 9.17) is 14.2 Å². The van der Waals surface area contributed by atoms with Gasteiger partial charge in [0.15, 0.2) is 11.6 Å². The molecule has 1 heterocycles. The Hall–Kier alpha value is -2.41. The highest BCUT2D eigenvalue weighted by atomic mass is 79.9. The molecular formula is C17H12BrFO5. The lowest BCUT2D eigenvalue weighted by atomic mass is 10.2. The Bertz CT molecular complexity index is 775. The van der Waals surface area contributed by atoms with Gasteiger partial charge < -0.3 is 14.2 Å². The number of cyclic esters (lactones) is 1. The Labute approximate surface area is 145 Å². The summed E-state index contributed by atoms with van der Waals surface area (Å²) >= 11 is 3.30. The van der Waals surface area contributed by atoms with Crippen LogP contribution in [0.4, 0.5) is 4.39 Å². The molecule has 124 valence electrons. The first-order valence-corrected chi connectivity index (χ1v) is 7.93. The zero-order valence-electron chi connectivity index (χ0n) is 12.3. The van der Waals surface area contributed by atoms with Crippen molar-refractivity contribution in [1.29, 1.82) is 0 Å². The third kappa shape index (κ3) is 3.73. The summed E-state index contributed by atoms with van der Waals surface area (Å²) < 4.78 is 30.1. The molecule has 0 aliphatic carbocycles. The molecule has 0 radical (unpaired) electrons. The van der Waals surface area contributed by atoms with E-state index < -0.39 is 23.9 Å². The first kappa shape index (κ1) is 16.4. The molecule has 2 aromatic rings. The van der Waals surface area contributed by atoms with Gasteiger partial charge in [0.1, 0.15) is 5.75 Å². The van der Waals surface area contributed by atoms with E-state index in [0.717, 1.165) is 10.5 Å². The van der Waals surface area contributed by atoms with Crippen molar-refractivity contribution in [1.82, 2.24) is 0 Å². The first-order chi connectivity index (χ1) is 11.5. The Morgan fingerprint density at radius 3 is 2.58 bits per heavy atom. The van der Waals surface area contributed by atoms with Gasteiger partial charge in [-0.1, -0.05) is 15.9 Å². The topological polar surface area (TPSA) is 61.8 Å². The van der Waals surface area contributed by atoms with E-state index in [9.17, 15) is 14.0 Å². The lowest BCUT2D eigenvalue weighted by Gasteiger charge is -2.10. The van der Waals surface area contributed by atoms with Gasteiger partial charge in [-0.25, -0.2) is 14.0 Å². The maximum atomic E-state index is 14.1. The maximum Gasteiger partial charge on any atom is 0.347 e. The van der Waals surface area contributed by atoms with Crippen LogP contribution in [0.15, 0.2) is 46.9 Å². The molecule has 5 nitrogen and oxygen atoms in total. The highest BCUT2D eigenvalue weighted by Crippen LogP contribution is 2.27. The van der Waals surface area contributed by atoms with Crippen LogP contribution in [0.2, 0.25) is 0 Å². The van der Waals surface area contributed by atoms with Gasteiger partial charge in [-0.2, -0.15) is 0 Å². The van der Waals surface area contributed by atoms with Crippen LogP contribution in [0.1, 0.15) is 16.8 Å². The number of carbonyl (C=O) groups is 2. The molecule has 0 N–H and O–H groups in total. The van der Waals surface area contributed by atoms with E-state index in [1.807, 2.05) is 0 Å². The number of hydrogen-bond donors (Lipinski definition) is 0. The summed E-state index contributed by atoms with van der Waals surface area (Å²) in [5.41, 5.74) is -0.00430. The smallest absolute Gasteiger partial charge is 0.347 e. The molecule has 1 atom stereocenters. The average molecular weight is 395 g/mol. The molecule has 0 bridgehead atoms. The molecule has 0 spiro atoms. The number of ether oxygens (including phenoxy) is 3. The fourth-order valence-corrected chi connectivity index (χ4v) is 2.39. The highest BCUT2D eigenvalue weighted by Gasteiger charge is 2.30. The number of hydrogen-bond acceptors (Lipinski definition) is 5.